The highest BCUT2D eigenvalue weighted by Gasteiger charge is 2.36. The van der Waals surface area contributed by atoms with E-state index in [4.69, 9.17) is 4.74 Å². The molecule has 0 bridgehead atoms. The number of thiophene rings is 1. The Morgan fingerprint density at radius 2 is 2.00 bits per heavy atom. The minimum atomic E-state index is -0.607. The van der Waals surface area contributed by atoms with Crippen LogP contribution in [0.3, 0.4) is 0 Å². The molecule has 1 aliphatic rings. The summed E-state index contributed by atoms with van der Waals surface area (Å²) in [6.07, 6.45) is 0.844. The zero-order chi connectivity index (χ0) is 17.9. The van der Waals surface area contributed by atoms with Gasteiger partial charge in [0.2, 0.25) is 5.91 Å². The van der Waals surface area contributed by atoms with Gasteiger partial charge < -0.3 is 14.8 Å². The highest BCUT2D eigenvalue weighted by Crippen LogP contribution is 2.26. The molecule has 1 fully saturated rings. The van der Waals surface area contributed by atoms with Gasteiger partial charge in [0.15, 0.2) is 0 Å². The summed E-state index contributed by atoms with van der Waals surface area (Å²) >= 11 is 1.13. The van der Waals surface area contributed by atoms with E-state index < -0.39 is 23.7 Å². The molecule has 2 rings (SSSR count). The number of carbonyl (C=O) groups is 3. The second kappa shape index (κ2) is 7.21. The Bertz CT molecular complexity index is 635. The molecule has 1 saturated heterocycles. The van der Waals surface area contributed by atoms with Gasteiger partial charge in [-0.1, -0.05) is 0 Å². The number of amides is 2. The van der Waals surface area contributed by atoms with Gasteiger partial charge in [-0.2, -0.15) is 0 Å². The van der Waals surface area contributed by atoms with E-state index in [0.717, 1.165) is 17.8 Å². The van der Waals surface area contributed by atoms with Crippen molar-refractivity contribution in [2.24, 2.45) is 0 Å². The van der Waals surface area contributed by atoms with Gasteiger partial charge >= 0.3 is 12.1 Å². The summed E-state index contributed by atoms with van der Waals surface area (Å²) in [7, 11) is 1.30. The molecule has 1 atom stereocenters. The zero-order valence-electron chi connectivity index (χ0n) is 14.3. The van der Waals surface area contributed by atoms with Crippen molar-refractivity contribution in [1.29, 1.82) is 0 Å². The minimum Gasteiger partial charge on any atom is -0.465 e. The second-order valence-corrected chi connectivity index (χ2v) is 7.56. The number of esters is 1. The Hall–Kier alpha value is -2.09. The summed E-state index contributed by atoms with van der Waals surface area (Å²) in [5.74, 6) is -0.728. The van der Waals surface area contributed by atoms with E-state index in [9.17, 15) is 14.4 Å². The monoisotopic (exact) mass is 354 g/mol. The lowest BCUT2D eigenvalue weighted by Crippen LogP contribution is -2.45. The molecule has 1 aromatic heterocycles. The van der Waals surface area contributed by atoms with Crippen LogP contribution in [0.15, 0.2) is 12.1 Å². The van der Waals surface area contributed by atoms with Crippen molar-refractivity contribution in [3.63, 3.8) is 0 Å². The van der Waals surface area contributed by atoms with Crippen LogP contribution in [0.2, 0.25) is 0 Å². The molecule has 0 aliphatic carbocycles. The molecule has 8 heteroatoms. The van der Waals surface area contributed by atoms with Crippen LogP contribution in [0.5, 0.6) is 0 Å². The first-order valence-corrected chi connectivity index (χ1v) is 8.51. The van der Waals surface area contributed by atoms with Crippen LogP contribution < -0.4 is 5.32 Å². The number of anilines is 1. The molecular weight excluding hydrogens is 332 g/mol. The lowest BCUT2D eigenvalue weighted by Gasteiger charge is -2.27. The van der Waals surface area contributed by atoms with Gasteiger partial charge in [-0.15, -0.1) is 11.3 Å². The minimum absolute atomic E-state index is 0.281. The fraction of sp³-hybridized carbons (Fsp3) is 0.562. The van der Waals surface area contributed by atoms with Crippen LogP contribution >= 0.6 is 11.3 Å². The first-order valence-electron chi connectivity index (χ1n) is 7.70. The average Bonchev–Trinajstić information content (AvgIpc) is 3.13. The molecule has 132 valence electrons. The summed E-state index contributed by atoms with van der Waals surface area (Å²) in [6, 6.07) is 2.66. The summed E-state index contributed by atoms with van der Waals surface area (Å²) in [5.41, 5.74) is -0.607. The molecule has 24 heavy (non-hydrogen) atoms. The number of hydrogen-bond acceptors (Lipinski definition) is 6. The Balaban J connectivity index is 2.01. The SMILES string of the molecule is COC(=O)c1ccc(NC(=O)[C@@H]2CCCN2C(=O)OC(C)(C)C)s1. The van der Waals surface area contributed by atoms with E-state index in [2.05, 4.69) is 10.1 Å². The van der Waals surface area contributed by atoms with Gasteiger partial charge in [0.25, 0.3) is 0 Å². The first kappa shape index (κ1) is 18.3. The fourth-order valence-corrected chi connectivity index (χ4v) is 3.23. The average molecular weight is 354 g/mol. The molecule has 0 spiro atoms. The maximum atomic E-state index is 12.5. The third kappa shape index (κ3) is 4.47. The van der Waals surface area contributed by atoms with Crippen molar-refractivity contribution >= 4 is 34.3 Å². The van der Waals surface area contributed by atoms with E-state index in [0.29, 0.717) is 22.8 Å². The topological polar surface area (TPSA) is 84.9 Å². The van der Waals surface area contributed by atoms with E-state index in [1.165, 1.54) is 12.0 Å². The lowest BCUT2D eigenvalue weighted by atomic mass is 10.2. The summed E-state index contributed by atoms with van der Waals surface area (Å²) in [5, 5.41) is 3.29. The van der Waals surface area contributed by atoms with E-state index in [-0.39, 0.29) is 5.91 Å². The van der Waals surface area contributed by atoms with Crippen LogP contribution in [0.4, 0.5) is 9.80 Å². The molecule has 0 saturated carbocycles. The van der Waals surface area contributed by atoms with Crippen LogP contribution in [-0.2, 0) is 14.3 Å². The zero-order valence-corrected chi connectivity index (χ0v) is 15.1. The van der Waals surface area contributed by atoms with Crippen LogP contribution in [-0.4, -0.2) is 48.2 Å². The van der Waals surface area contributed by atoms with Crippen molar-refractivity contribution in [3.8, 4) is 0 Å². The molecule has 2 amide bonds. The first-order chi connectivity index (χ1) is 11.2. The molecule has 7 nitrogen and oxygen atoms in total. The maximum Gasteiger partial charge on any atom is 0.410 e. The molecule has 1 aromatic rings. The normalized spacial score (nSPS) is 17.5. The highest BCUT2D eigenvalue weighted by atomic mass is 32.1. The van der Waals surface area contributed by atoms with E-state index >= 15 is 0 Å². The van der Waals surface area contributed by atoms with Crippen LogP contribution in [0.25, 0.3) is 0 Å². The summed E-state index contributed by atoms with van der Waals surface area (Å²) < 4.78 is 9.99. The number of nitrogens with one attached hydrogen (secondary N) is 1. The van der Waals surface area contributed by atoms with Crippen molar-refractivity contribution in [2.45, 2.75) is 45.3 Å². The molecule has 0 radical (unpaired) electrons. The van der Waals surface area contributed by atoms with Gasteiger partial charge in [0.1, 0.15) is 16.5 Å². The number of methoxy groups -OCH3 is 1. The summed E-state index contributed by atoms with van der Waals surface area (Å²) in [4.78, 5) is 38.0. The number of likely N-dealkylation sites (tertiary alicyclic amines) is 1. The van der Waals surface area contributed by atoms with Crippen molar-refractivity contribution < 1.29 is 23.9 Å². The molecule has 2 heterocycles. The number of nitrogens with zero attached hydrogens (tertiary/aromatic N) is 1. The second-order valence-electron chi connectivity index (χ2n) is 6.48. The van der Waals surface area contributed by atoms with Crippen molar-refractivity contribution in [2.75, 3.05) is 19.0 Å². The Labute approximate surface area is 144 Å². The van der Waals surface area contributed by atoms with Gasteiger partial charge in [0, 0.05) is 6.54 Å². The van der Waals surface area contributed by atoms with Crippen LogP contribution in [0, 0.1) is 0 Å². The quantitative estimate of drug-likeness (QED) is 0.844. The fourth-order valence-electron chi connectivity index (χ4n) is 2.40. The van der Waals surface area contributed by atoms with Crippen molar-refractivity contribution in [1.82, 2.24) is 4.90 Å². The maximum absolute atomic E-state index is 12.5. The predicted octanol–water partition coefficient (Wildman–Crippen LogP) is 2.87. The molecular formula is C16H22N2O5S. The third-order valence-corrected chi connectivity index (χ3v) is 4.40. The number of hydrogen-bond donors (Lipinski definition) is 1. The van der Waals surface area contributed by atoms with Gasteiger partial charge in [-0.3, -0.25) is 9.69 Å². The lowest BCUT2D eigenvalue weighted by molar-refractivity contribution is -0.120. The molecule has 0 unspecified atom stereocenters. The highest BCUT2D eigenvalue weighted by molar-refractivity contribution is 7.18. The largest absolute Gasteiger partial charge is 0.465 e. The van der Waals surface area contributed by atoms with E-state index in [1.54, 1.807) is 32.9 Å². The van der Waals surface area contributed by atoms with Gasteiger partial charge in [-0.05, 0) is 45.7 Å². The molecule has 1 N–H and O–H groups in total. The molecule has 1 aliphatic heterocycles. The standard InChI is InChI=1S/C16H22N2O5S/c1-16(2,3)23-15(21)18-9-5-6-10(18)13(19)17-12-8-7-11(24-12)14(20)22-4/h7-8,10H,5-6,9H2,1-4H3,(H,17,19)/t10-/m0/s1. The Morgan fingerprint density at radius 1 is 1.29 bits per heavy atom. The predicted molar refractivity (Wildman–Crippen MR) is 90.3 cm³/mol. The van der Waals surface area contributed by atoms with Gasteiger partial charge in [0.05, 0.1) is 12.1 Å². The number of carbonyl (C=O) groups excluding carboxylic acids is 3. The van der Waals surface area contributed by atoms with Crippen molar-refractivity contribution in [3.05, 3.63) is 17.0 Å². The Kier molecular flexibility index (Phi) is 5.48. The number of rotatable bonds is 3. The molecule has 0 aromatic carbocycles. The smallest absolute Gasteiger partial charge is 0.410 e. The van der Waals surface area contributed by atoms with Crippen LogP contribution in [0.1, 0.15) is 43.3 Å². The number of ether oxygens (including phenoxy) is 2. The third-order valence-electron chi connectivity index (χ3n) is 3.42. The van der Waals surface area contributed by atoms with E-state index in [1.807, 2.05) is 0 Å². The summed E-state index contributed by atoms with van der Waals surface area (Å²) in [6.45, 7) is 5.85. The Morgan fingerprint density at radius 3 is 2.62 bits per heavy atom. The van der Waals surface area contributed by atoms with Gasteiger partial charge in [-0.25, -0.2) is 9.59 Å².